The third kappa shape index (κ3) is 5.67. The van der Waals surface area contributed by atoms with Crippen LogP contribution in [-0.4, -0.2) is 69.5 Å². The fraction of sp³-hybridized carbons (Fsp3) is 0.520. The molecule has 9 nitrogen and oxygen atoms in total. The maximum Gasteiger partial charge on any atom is 0.288 e. The van der Waals surface area contributed by atoms with Gasteiger partial charge in [0.05, 0.1) is 18.2 Å². The average molecular weight is 476 g/mol. The number of amides is 1. The van der Waals surface area contributed by atoms with Crippen molar-refractivity contribution in [2.75, 3.05) is 41.0 Å². The first kappa shape index (κ1) is 25.9. The molecule has 1 aliphatic rings. The lowest BCUT2D eigenvalue weighted by molar-refractivity contribution is -0.172. The average Bonchev–Trinajstić information content (AvgIpc) is 2.86. The number of rotatable bonds is 11. The number of fused-ring (bicyclic) bond motifs is 1. The van der Waals surface area contributed by atoms with Crippen molar-refractivity contribution in [3.05, 3.63) is 58.2 Å². The molecule has 0 unspecified atom stereocenters. The zero-order valence-corrected chi connectivity index (χ0v) is 20.1. The molecule has 0 fully saturated rings. The Morgan fingerprint density at radius 1 is 1.24 bits per heavy atom. The largest absolute Gasteiger partial charge is 0.464 e. The van der Waals surface area contributed by atoms with Crippen LogP contribution in [0.4, 0.5) is 0 Å². The van der Waals surface area contributed by atoms with Gasteiger partial charge in [-0.3, -0.25) is 9.59 Å². The lowest BCUT2D eigenvalue weighted by Crippen LogP contribution is -2.42. The van der Waals surface area contributed by atoms with Crippen molar-refractivity contribution < 1.29 is 33.3 Å². The van der Waals surface area contributed by atoms with Gasteiger partial charge in [0.2, 0.25) is 6.29 Å². The van der Waals surface area contributed by atoms with Crippen LogP contribution in [0.5, 0.6) is 0 Å². The summed E-state index contributed by atoms with van der Waals surface area (Å²) in [5.41, 5.74) is 0.726. The maximum atomic E-state index is 13.4. The summed E-state index contributed by atoms with van der Waals surface area (Å²) in [5.74, 6) is -1.13. The van der Waals surface area contributed by atoms with E-state index in [1.165, 1.54) is 25.4 Å². The van der Waals surface area contributed by atoms with Crippen LogP contribution in [0.15, 0.2) is 51.6 Å². The smallest absolute Gasteiger partial charge is 0.288 e. The predicted octanol–water partition coefficient (Wildman–Crippen LogP) is 2.62. The summed E-state index contributed by atoms with van der Waals surface area (Å²) in [6.07, 6.45) is 2.76. The van der Waals surface area contributed by atoms with Crippen LogP contribution >= 0.6 is 0 Å². The Morgan fingerprint density at radius 3 is 2.65 bits per heavy atom. The van der Waals surface area contributed by atoms with E-state index in [0.717, 1.165) is 0 Å². The fourth-order valence-corrected chi connectivity index (χ4v) is 4.18. The van der Waals surface area contributed by atoms with Crippen molar-refractivity contribution in [1.29, 1.82) is 0 Å². The lowest BCUT2D eigenvalue weighted by Gasteiger charge is -2.37. The van der Waals surface area contributed by atoms with Crippen LogP contribution in [-0.2, 0) is 23.7 Å². The summed E-state index contributed by atoms with van der Waals surface area (Å²) in [7, 11) is 4.61. The molecule has 1 amide bonds. The van der Waals surface area contributed by atoms with E-state index in [4.69, 9.17) is 23.4 Å². The quantitative estimate of drug-likeness (QED) is 0.494. The number of aliphatic hydroxyl groups is 1. The number of benzene rings is 1. The molecule has 1 aromatic carbocycles. The Morgan fingerprint density at radius 2 is 1.97 bits per heavy atom. The first-order valence-corrected chi connectivity index (χ1v) is 11.4. The van der Waals surface area contributed by atoms with E-state index in [1.807, 2.05) is 6.92 Å². The van der Waals surface area contributed by atoms with Gasteiger partial charge >= 0.3 is 0 Å². The SMILES string of the molecule is CCO[C@H]1OC(C(=O)N(C)CC(OC)OC)=C[C@@H](c2coc3ccccc3c2=O)[C@H]1CCCO. The highest BCUT2D eigenvalue weighted by Gasteiger charge is 2.40. The molecule has 186 valence electrons. The minimum Gasteiger partial charge on any atom is -0.464 e. The summed E-state index contributed by atoms with van der Waals surface area (Å²) in [4.78, 5) is 28.1. The normalized spacial score (nSPS) is 20.3. The van der Waals surface area contributed by atoms with Crippen LogP contribution in [0.2, 0.25) is 0 Å². The highest BCUT2D eigenvalue weighted by Crippen LogP contribution is 2.39. The van der Waals surface area contributed by atoms with Crippen molar-refractivity contribution in [1.82, 2.24) is 4.90 Å². The fourth-order valence-electron chi connectivity index (χ4n) is 4.18. The van der Waals surface area contributed by atoms with Crippen LogP contribution < -0.4 is 5.43 Å². The van der Waals surface area contributed by atoms with E-state index in [1.54, 1.807) is 37.4 Å². The van der Waals surface area contributed by atoms with E-state index in [9.17, 15) is 14.7 Å². The molecule has 0 radical (unpaired) electrons. The number of ether oxygens (including phenoxy) is 4. The minimum absolute atomic E-state index is 0.0118. The number of likely N-dealkylation sites (N-methyl/N-ethyl adjacent to an activating group) is 1. The number of aliphatic hydroxyl groups excluding tert-OH is 1. The number of carbonyl (C=O) groups excluding carboxylic acids is 1. The molecule has 0 bridgehead atoms. The monoisotopic (exact) mass is 475 g/mol. The standard InChI is InChI=1S/C25H33NO8/c1-5-32-25-16(10-8-12-27)18(19-15-33-20-11-7-6-9-17(20)23(19)28)13-21(34-25)24(29)26(2)14-22(30-3)31-4/h6-7,9,11,13,15-16,18,22,25,27H,5,8,10,12,14H2,1-4H3/t16-,18-,25+/m1/s1. The van der Waals surface area contributed by atoms with Crippen molar-refractivity contribution in [3.8, 4) is 0 Å². The zero-order chi connectivity index (χ0) is 24.7. The molecule has 1 aliphatic heterocycles. The van der Waals surface area contributed by atoms with Gasteiger partial charge in [-0.05, 0) is 38.0 Å². The summed E-state index contributed by atoms with van der Waals surface area (Å²) in [5, 5.41) is 9.91. The van der Waals surface area contributed by atoms with Crippen molar-refractivity contribution >= 4 is 16.9 Å². The first-order valence-electron chi connectivity index (χ1n) is 11.4. The lowest BCUT2D eigenvalue weighted by atomic mass is 9.81. The topological polar surface area (TPSA) is 108 Å². The van der Waals surface area contributed by atoms with Crippen LogP contribution in [0, 0.1) is 5.92 Å². The number of carbonyl (C=O) groups is 1. The molecule has 3 atom stereocenters. The molecule has 9 heteroatoms. The van der Waals surface area contributed by atoms with E-state index in [-0.39, 0.29) is 36.2 Å². The van der Waals surface area contributed by atoms with Crippen LogP contribution in [0.1, 0.15) is 31.2 Å². The Balaban J connectivity index is 2.05. The highest BCUT2D eigenvalue weighted by atomic mass is 16.7. The third-order valence-electron chi connectivity index (χ3n) is 5.98. The van der Waals surface area contributed by atoms with E-state index < -0.39 is 18.5 Å². The molecule has 1 N–H and O–H groups in total. The molecule has 0 saturated heterocycles. The van der Waals surface area contributed by atoms with Crippen molar-refractivity contribution in [2.45, 2.75) is 38.3 Å². The van der Waals surface area contributed by atoms with E-state index in [0.29, 0.717) is 36.0 Å². The Hall–Kier alpha value is -2.72. The second kappa shape index (κ2) is 12.1. The van der Waals surface area contributed by atoms with Crippen LogP contribution in [0.3, 0.4) is 0 Å². The molecule has 2 aromatic rings. The summed E-state index contributed by atoms with van der Waals surface area (Å²) >= 11 is 0. The van der Waals surface area contributed by atoms with Gasteiger partial charge in [-0.25, -0.2) is 0 Å². The molecule has 2 heterocycles. The third-order valence-corrected chi connectivity index (χ3v) is 5.98. The number of allylic oxidation sites excluding steroid dienone is 1. The second-order valence-electron chi connectivity index (χ2n) is 8.13. The van der Waals surface area contributed by atoms with Crippen molar-refractivity contribution in [2.24, 2.45) is 5.92 Å². The van der Waals surface area contributed by atoms with Gasteiger partial charge in [-0.1, -0.05) is 12.1 Å². The highest BCUT2D eigenvalue weighted by molar-refractivity contribution is 5.91. The van der Waals surface area contributed by atoms with Gasteiger partial charge in [0.1, 0.15) is 5.58 Å². The summed E-state index contributed by atoms with van der Waals surface area (Å²) < 4.78 is 28.0. The first-order chi connectivity index (χ1) is 16.4. The molecule has 1 aromatic heterocycles. The van der Waals surface area contributed by atoms with Gasteiger partial charge < -0.3 is 33.4 Å². The van der Waals surface area contributed by atoms with E-state index in [2.05, 4.69) is 0 Å². The van der Waals surface area contributed by atoms with Gasteiger partial charge in [0, 0.05) is 51.9 Å². The molecule has 3 rings (SSSR count). The van der Waals surface area contributed by atoms with Gasteiger partial charge in [-0.15, -0.1) is 0 Å². The summed E-state index contributed by atoms with van der Waals surface area (Å²) in [6, 6.07) is 7.03. The van der Waals surface area contributed by atoms with Crippen LogP contribution in [0.25, 0.3) is 11.0 Å². The van der Waals surface area contributed by atoms with Gasteiger partial charge in [-0.2, -0.15) is 0 Å². The van der Waals surface area contributed by atoms with Gasteiger partial charge in [0.25, 0.3) is 5.91 Å². The number of hydrogen-bond acceptors (Lipinski definition) is 8. The molecule has 0 spiro atoms. The number of para-hydroxylation sites is 1. The predicted molar refractivity (Wildman–Crippen MR) is 125 cm³/mol. The molecule has 34 heavy (non-hydrogen) atoms. The van der Waals surface area contributed by atoms with E-state index >= 15 is 0 Å². The molecular weight excluding hydrogens is 442 g/mol. The Labute approximate surface area is 198 Å². The summed E-state index contributed by atoms with van der Waals surface area (Å²) in [6.45, 7) is 2.36. The minimum atomic E-state index is -0.773. The Kier molecular flexibility index (Phi) is 9.23. The maximum absolute atomic E-state index is 13.4. The zero-order valence-electron chi connectivity index (χ0n) is 20.1. The molecule has 0 aliphatic carbocycles. The van der Waals surface area contributed by atoms with Crippen molar-refractivity contribution in [3.63, 3.8) is 0 Å². The van der Waals surface area contributed by atoms with Gasteiger partial charge in [0.15, 0.2) is 17.5 Å². The molecular formula is C25H33NO8. The Bertz CT molecular complexity index is 1040. The number of nitrogens with zero attached hydrogens (tertiary/aromatic N) is 1. The second-order valence-corrected chi connectivity index (χ2v) is 8.13. The molecule has 0 saturated carbocycles. The number of methoxy groups -OCH3 is 2. The number of hydrogen-bond donors (Lipinski definition) is 1.